The van der Waals surface area contributed by atoms with Gasteiger partial charge in [-0.1, -0.05) is 13.8 Å². The van der Waals surface area contributed by atoms with E-state index in [9.17, 15) is 13.2 Å². The Morgan fingerprint density at radius 3 is 2.43 bits per heavy atom. The molecule has 1 aromatic carbocycles. The highest BCUT2D eigenvalue weighted by Crippen LogP contribution is 2.23. The van der Waals surface area contributed by atoms with Crippen LogP contribution >= 0.6 is 0 Å². The molecule has 110 valence electrons. The Kier molecular flexibility index (Phi) is 4.26. The third kappa shape index (κ3) is 2.49. The van der Waals surface area contributed by atoms with E-state index >= 15 is 0 Å². The topological polar surface area (TPSA) is 30.7 Å². The molecule has 0 aliphatic heterocycles. The molecule has 3 rings (SSSR count). The van der Waals surface area contributed by atoms with Crippen molar-refractivity contribution >= 4 is 11.0 Å². The number of pyridine rings is 1. The van der Waals surface area contributed by atoms with Crippen molar-refractivity contribution < 1.29 is 13.2 Å². The van der Waals surface area contributed by atoms with Crippen LogP contribution in [0.3, 0.4) is 0 Å². The van der Waals surface area contributed by atoms with E-state index in [1.165, 1.54) is 6.20 Å². The molecule has 0 bridgehead atoms. The number of aromatic nitrogens is 3. The minimum Gasteiger partial charge on any atom is -0.237 e. The highest BCUT2D eigenvalue weighted by atomic mass is 19.2. The van der Waals surface area contributed by atoms with Gasteiger partial charge >= 0.3 is 0 Å². The molecule has 2 heterocycles. The number of benzene rings is 1. The largest absolute Gasteiger partial charge is 0.237 e. The van der Waals surface area contributed by atoms with Crippen LogP contribution in [-0.2, 0) is 0 Å². The number of rotatable bonds is 1. The van der Waals surface area contributed by atoms with E-state index in [1.807, 2.05) is 20.8 Å². The van der Waals surface area contributed by atoms with Gasteiger partial charge in [0.05, 0.1) is 6.20 Å². The van der Waals surface area contributed by atoms with E-state index in [2.05, 4.69) is 10.1 Å². The average molecular weight is 293 g/mol. The number of hydrogen-bond acceptors (Lipinski definition) is 2. The average Bonchev–Trinajstić information content (AvgIpc) is 2.93. The van der Waals surface area contributed by atoms with Crippen molar-refractivity contribution in [3.63, 3.8) is 0 Å². The second-order valence-electron chi connectivity index (χ2n) is 4.12. The van der Waals surface area contributed by atoms with E-state index in [0.717, 1.165) is 27.8 Å². The van der Waals surface area contributed by atoms with Gasteiger partial charge in [-0.25, -0.2) is 22.8 Å². The molecule has 0 spiro atoms. The molecule has 0 aliphatic rings. The van der Waals surface area contributed by atoms with Crippen LogP contribution in [0.5, 0.6) is 0 Å². The van der Waals surface area contributed by atoms with Gasteiger partial charge in [-0.3, -0.25) is 0 Å². The third-order valence-corrected chi connectivity index (χ3v) is 2.93. The first-order valence-corrected chi connectivity index (χ1v) is 6.53. The normalized spacial score (nSPS) is 10.4. The second kappa shape index (κ2) is 5.95. The lowest BCUT2D eigenvalue weighted by molar-refractivity contribution is 0.443. The van der Waals surface area contributed by atoms with Gasteiger partial charge in [0, 0.05) is 11.6 Å². The number of hydrogen-bond donors (Lipinski definition) is 0. The van der Waals surface area contributed by atoms with Gasteiger partial charge in [0.1, 0.15) is 5.69 Å². The predicted octanol–water partition coefficient (Wildman–Crippen LogP) is 4.17. The zero-order chi connectivity index (χ0) is 15.6. The SMILES string of the molecule is CC.Cc1ccnc2c1cnn2-c1ccc(F)c(F)c1F. The Bertz CT molecular complexity index is 781. The molecule has 0 amide bonds. The molecule has 0 atom stereocenters. The number of halogens is 3. The maximum Gasteiger partial charge on any atom is 0.196 e. The Morgan fingerprint density at radius 1 is 1.00 bits per heavy atom. The van der Waals surface area contributed by atoms with Crippen LogP contribution in [-0.4, -0.2) is 14.8 Å². The lowest BCUT2D eigenvalue weighted by Gasteiger charge is -2.05. The number of aryl methyl sites for hydroxylation is 1. The van der Waals surface area contributed by atoms with Crippen LogP contribution in [0, 0.1) is 24.4 Å². The first kappa shape index (κ1) is 15.0. The molecule has 0 saturated carbocycles. The summed E-state index contributed by atoms with van der Waals surface area (Å²) < 4.78 is 41.1. The fraction of sp³-hybridized carbons (Fsp3) is 0.200. The van der Waals surface area contributed by atoms with Gasteiger partial charge in [0.2, 0.25) is 0 Å². The Hall–Kier alpha value is -2.37. The molecular formula is C15H14F3N3. The quantitative estimate of drug-likeness (QED) is 0.630. The molecule has 3 aromatic rings. The summed E-state index contributed by atoms with van der Waals surface area (Å²) in [5, 5.41) is 4.71. The smallest absolute Gasteiger partial charge is 0.196 e. The van der Waals surface area contributed by atoms with Gasteiger partial charge in [0.25, 0.3) is 0 Å². The lowest BCUT2D eigenvalue weighted by Crippen LogP contribution is -2.04. The van der Waals surface area contributed by atoms with E-state index in [1.54, 1.807) is 12.3 Å². The minimum atomic E-state index is -1.52. The van der Waals surface area contributed by atoms with Crippen LogP contribution < -0.4 is 0 Å². The number of fused-ring (bicyclic) bond motifs is 1. The Labute approximate surface area is 120 Å². The minimum absolute atomic E-state index is 0.174. The van der Waals surface area contributed by atoms with Crippen molar-refractivity contribution in [3.8, 4) is 5.69 Å². The summed E-state index contributed by atoms with van der Waals surface area (Å²) >= 11 is 0. The van der Waals surface area contributed by atoms with Gasteiger partial charge in [-0.15, -0.1) is 0 Å². The molecule has 2 aromatic heterocycles. The maximum absolute atomic E-state index is 13.8. The van der Waals surface area contributed by atoms with Gasteiger partial charge < -0.3 is 0 Å². The van der Waals surface area contributed by atoms with E-state index in [0.29, 0.717) is 5.65 Å². The van der Waals surface area contributed by atoms with Crippen LogP contribution in [0.4, 0.5) is 13.2 Å². The molecule has 21 heavy (non-hydrogen) atoms. The third-order valence-electron chi connectivity index (χ3n) is 2.93. The summed E-state index contributed by atoms with van der Waals surface area (Å²) in [6.45, 7) is 5.86. The fourth-order valence-corrected chi connectivity index (χ4v) is 1.91. The van der Waals surface area contributed by atoms with Crippen LogP contribution in [0.2, 0.25) is 0 Å². The van der Waals surface area contributed by atoms with Crippen LogP contribution in [0.25, 0.3) is 16.7 Å². The summed E-state index contributed by atoms with van der Waals surface area (Å²) in [5.41, 5.74) is 1.14. The second-order valence-corrected chi connectivity index (χ2v) is 4.12. The van der Waals surface area contributed by atoms with Gasteiger partial charge in [0.15, 0.2) is 23.1 Å². The summed E-state index contributed by atoms with van der Waals surface area (Å²) in [6, 6.07) is 3.78. The van der Waals surface area contributed by atoms with Crippen molar-refractivity contribution in [2.45, 2.75) is 20.8 Å². The van der Waals surface area contributed by atoms with Crippen LogP contribution in [0.15, 0.2) is 30.6 Å². The molecule has 0 N–H and O–H groups in total. The molecule has 0 radical (unpaired) electrons. The molecule has 6 heteroatoms. The van der Waals surface area contributed by atoms with Crippen LogP contribution in [0.1, 0.15) is 19.4 Å². The highest BCUT2D eigenvalue weighted by molar-refractivity contribution is 5.79. The van der Waals surface area contributed by atoms with Gasteiger partial charge in [-0.05, 0) is 30.7 Å². The molecule has 0 saturated heterocycles. The summed E-state index contributed by atoms with van der Waals surface area (Å²) in [6.07, 6.45) is 3.06. The Morgan fingerprint density at radius 2 is 1.71 bits per heavy atom. The highest BCUT2D eigenvalue weighted by Gasteiger charge is 2.17. The first-order valence-electron chi connectivity index (χ1n) is 6.53. The van der Waals surface area contributed by atoms with Crippen molar-refractivity contribution in [2.75, 3.05) is 0 Å². The number of nitrogens with zero attached hydrogens (tertiary/aromatic N) is 3. The zero-order valence-corrected chi connectivity index (χ0v) is 11.9. The summed E-state index contributed by atoms with van der Waals surface area (Å²) in [7, 11) is 0. The van der Waals surface area contributed by atoms with E-state index in [-0.39, 0.29) is 5.69 Å². The fourth-order valence-electron chi connectivity index (χ4n) is 1.91. The monoisotopic (exact) mass is 293 g/mol. The first-order chi connectivity index (χ1) is 10.1. The van der Waals surface area contributed by atoms with E-state index in [4.69, 9.17) is 0 Å². The summed E-state index contributed by atoms with van der Waals surface area (Å²) in [5.74, 6) is -4.04. The zero-order valence-electron chi connectivity index (χ0n) is 11.9. The Balaban J connectivity index is 0.000000774. The predicted molar refractivity (Wildman–Crippen MR) is 74.8 cm³/mol. The van der Waals surface area contributed by atoms with Crippen molar-refractivity contribution in [3.05, 3.63) is 53.6 Å². The molecule has 3 nitrogen and oxygen atoms in total. The maximum atomic E-state index is 13.8. The lowest BCUT2D eigenvalue weighted by atomic mass is 10.2. The van der Waals surface area contributed by atoms with Crippen molar-refractivity contribution in [1.29, 1.82) is 0 Å². The molecular weight excluding hydrogens is 279 g/mol. The van der Waals surface area contributed by atoms with E-state index < -0.39 is 17.5 Å². The molecule has 0 aliphatic carbocycles. The standard InChI is InChI=1S/C13H8F3N3.C2H6/c1-7-4-5-17-13-8(7)6-18-19(13)10-3-2-9(14)11(15)12(10)16;1-2/h2-6H,1H3;1-2H3. The van der Waals surface area contributed by atoms with Crippen molar-refractivity contribution in [1.82, 2.24) is 14.8 Å². The summed E-state index contributed by atoms with van der Waals surface area (Å²) in [4.78, 5) is 4.09. The van der Waals surface area contributed by atoms with Crippen molar-refractivity contribution in [2.24, 2.45) is 0 Å². The molecule has 0 unspecified atom stereocenters. The molecule has 0 fully saturated rings. The van der Waals surface area contributed by atoms with Gasteiger partial charge in [-0.2, -0.15) is 5.10 Å².